The maximum atomic E-state index is 15.6. The van der Waals surface area contributed by atoms with E-state index in [1.807, 2.05) is 0 Å². The minimum Gasteiger partial charge on any atom is -0.381 e. The van der Waals surface area contributed by atoms with E-state index in [1.54, 1.807) is 18.2 Å². The Morgan fingerprint density at radius 3 is 2.36 bits per heavy atom. The van der Waals surface area contributed by atoms with Crippen LogP contribution in [0.1, 0.15) is 32.3 Å². The van der Waals surface area contributed by atoms with Gasteiger partial charge >= 0.3 is 0 Å². The van der Waals surface area contributed by atoms with Gasteiger partial charge in [-0.15, -0.1) is 0 Å². The number of halogens is 2. The summed E-state index contributed by atoms with van der Waals surface area (Å²) < 4.78 is 56.8. The van der Waals surface area contributed by atoms with E-state index in [9.17, 15) is 22.7 Å². The van der Waals surface area contributed by atoms with Gasteiger partial charge in [0.1, 0.15) is 17.2 Å². The molecule has 2 aliphatic rings. The van der Waals surface area contributed by atoms with Crippen LogP contribution in [0, 0.1) is 17.0 Å². The molecule has 0 unspecified atom stereocenters. The number of carbonyl (C=O) groups excluding carboxylic acids is 1. The lowest BCUT2D eigenvalue weighted by Gasteiger charge is -2.32. The molecule has 2 aromatic carbocycles. The van der Waals surface area contributed by atoms with Gasteiger partial charge < -0.3 is 10.0 Å². The molecule has 9 heteroatoms. The van der Waals surface area contributed by atoms with E-state index in [1.165, 1.54) is 43.0 Å². The van der Waals surface area contributed by atoms with Crippen molar-refractivity contribution in [1.82, 2.24) is 9.62 Å². The molecule has 1 aliphatic carbocycles. The molecule has 2 aromatic rings. The second kappa shape index (κ2) is 8.14. The fourth-order valence-electron chi connectivity index (χ4n) is 4.86. The number of nitrogens with one attached hydrogen (secondary N) is 1. The Morgan fingerprint density at radius 1 is 1.15 bits per heavy atom. The molecule has 1 heterocycles. The van der Waals surface area contributed by atoms with Gasteiger partial charge in [0, 0.05) is 29.1 Å². The zero-order chi connectivity index (χ0) is 24.2. The summed E-state index contributed by atoms with van der Waals surface area (Å²) in [4.78, 5) is 14.5. The monoisotopic (exact) mass is 478 g/mol. The Balaban J connectivity index is 1.75. The van der Waals surface area contributed by atoms with Gasteiger partial charge in [-0.25, -0.2) is 21.9 Å². The average molecular weight is 479 g/mol. The van der Waals surface area contributed by atoms with Gasteiger partial charge in [-0.3, -0.25) is 4.79 Å². The number of rotatable bonds is 6. The highest BCUT2D eigenvalue weighted by Crippen LogP contribution is 2.56. The number of likely N-dealkylation sites (tertiary alicyclic amines) is 1. The minimum atomic E-state index is -3.61. The van der Waals surface area contributed by atoms with Crippen molar-refractivity contribution in [1.29, 1.82) is 0 Å². The van der Waals surface area contributed by atoms with E-state index in [-0.39, 0.29) is 29.7 Å². The van der Waals surface area contributed by atoms with Crippen LogP contribution in [0.15, 0.2) is 42.5 Å². The molecule has 33 heavy (non-hydrogen) atoms. The molecule has 178 valence electrons. The Bertz CT molecular complexity index is 1190. The van der Waals surface area contributed by atoms with E-state index in [2.05, 4.69) is 4.72 Å². The number of amides is 1. The average Bonchev–Trinajstić information content (AvgIpc) is 3.44. The minimum absolute atomic E-state index is 0.0187. The molecule has 1 saturated carbocycles. The summed E-state index contributed by atoms with van der Waals surface area (Å²) in [5.74, 6) is -1.71. The smallest absolute Gasteiger partial charge is 0.254 e. The molecule has 4 rings (SSSR count). The number of aliphatic hydroxyl groups is 1. The highest BCUT2D eigenvalue weighted by atomic mass is 32.2. The van der Waals surface area contributed by atoms with Crippen molar-refractivity contribution in [2.45, 2.75) is 50.8 Å². The first-order valence-corrected chi connectivity index (χ1v) is 12.7. The summed E-state index contributed by atoms with van der Waals surface area (Å²) in [5, 5.41) is 10.4. The highest BCUT2D eigenvalue weighted by molar-refractivity contribution is 7.88. The molecule has 1 aliphatic heterocycles. The van der Waals surface area contributed by atoms with Crippen LogP contribution in [0.4, 0.5) is 8.78 Å². The van der Waals surface area contributed by atoms with Crippen molar-refractivity contribution in [2.75, 3.05) is 12.8 Å². The normalized spacial score (nSPS) is 22.1. The largest absolute Gasteiger partial charge is 0.381 e. The summed E-state index contributed by atoms with van der Waals surface area (Å²) in [6.45, 7) is 3.04. The molecule has 0 aromatic heterocycles. The van der Waals surface area contributed by atoms with Gasteiger partial charge in [0.15, 0.2) is 0 Å². The topological polar surface area (TPSA) is 86.7 Å². The van der Waals surface area contributed by atoms with Crippen molar-refractivity contribution >= 4 is 15.9 Å². The number of hydrogen-bond acceptors (Lipinski definition) is 4. The summed E-state index contributed by atoms with van der Waals surface area (Å²) >= 11 is 0. The molecule has 1 amide bonds. The SMILES string of the molecule is CC(C)(O)C(=O)N1CC2(CC2)[C@H](NS(C)(=O)=O)[C@@H]1Cc1cccc(-c2ccccc2F)c1F. The molecular formula is C24H28F2N2O4S. The van der Waals surface area contributed by atoms with Crippen LogP contribution < -0.4 is 4.72 Å². The van der Waals surface area contributed by atoms with Crippen LogP contribution in [-0.2, 0) is 21.2 Å². The first-order valence-electron chi connectivity index (χ1n) is 10.9. The van der Waals surface area contributed by atoms with E-state index in [0.717, 1.165) is 19.1 Å². The fraction of sp³-hybridized carbons (Fsp3) is 0.458. The summed E-state index contributed by atoms with van der Waals surface area (Å²) in [6, 6.07) is 9.23. The first-order chi connectivity index (χ1) is 15.3. The lowest BCUT2D eigenvalue weighted by Crippen LogP contribution is -2.53. The van der Waals surface area contributed by atoms with E-state index < -0.39 is 50.7 Å². The second-order valence-corrected chi connectivity index (χ2v) is 11.5. The van der Waals surface area contributed by atoms with E-state index in [0.29, 0.717) is 0 Å². The maximum Gasteiger partial charge on any atom is 0.254 e. The molecule has 0 bridgehead atoms. The standard InChI is InChI=1S/C24H28F2N2O4S/c1-23(2,30)22(29)28-14-24(11-12-24)21(27-33(3,31)32)19(28)13-15-7-6-9-17(20(15)26)16-8-4-5-10-18(16)25/h4-10,19,21,27,30H,11-14H2,1-3H3/t19-,21+/m0/s1. The van der Waals surface area contributed by atoms with Crippen molar-refractivity contribution in [2.24, 2.45) is 5.41 Å². The van der Waals surface area contributed by atoms with Crippen LogP contribution in [0.25, 0.3) is 11.1 Å². The van der Waals surface area contributed by atoms with Crippen LogP contribution >= 0.6 is 0 Å². The van der Waals surface area contributed by atoms with Gasteiger partial charge in [0.2, 0.25) is 10.0 Å². The Kier molecular flexibility index (Phi) is 5.87. The molecule has 1 saturated heterocycles. The van der Waals surface area contributed by atoms with Gasteiger partial charge in [0.05, 0.1) is 12.3 Å². The Labute approximate surface area is 192 Å². The predicted octanol–water partition coefficient (Wildman–Crippen LogP) is 2.85. The second-order valence-electron chi connectivity index (χ2n) is 9.75. The molecule has 2 atom stereocenters. The third-order valence-electron chi connectivity index (χ3n) is 6.62. The number of sulfonamides is 1. The Hall–Kier alpha value is -2.36. The zero-order valence-corrected chi connectivity index (χ0v) is 19.6. The van der Waals surface area contributed by atoms with Crippen molar-refractivity contribution in [3.8, 4) is 11.1 Å². The van der Waals surface area contributed by atoms with E-state index >= 15 is 4.39 Å². The predicted molar refractivity (Wildman–Crippen MR) is 121 cm³/mol. The summed E-state index contributed by atoms with van der Waals surface area (Å²) in [7, 11) is -3.61. The lowest BCUT2D eigenvalue weighted by molar-refractivity contribution is -0.149. The molecule has 2 N–H and O–H groups in total. The van der Waals surface area contributed by atoms with Gasteiger partial charge in [-0.1, -0.05) is 36.4 Å². The number of benzene rings is 2. The number of nitrogens with zero attached hydrogens (tertiary/aromatic N) is 1. The van der Waals surface area contributed by atoms with Crippen LogP contribution in [0.5, 0.6) is 0 Å². The molecule has 2 fully saturated rings. The number of carbonyl (C=O) groups is 1. The van der Waals surface area contributed by atoms with E-state index in [4.69, 9.17) is 0 Å². The van der Waals surface area contributed by atoms with Gasteiger partial charge in [-0.2, -0.15) is 0 Å². The Morgan fingerprint density at radius 2 is 1.79 bits per heavy atom. The third-order valence-corrected chi connectivity index (χ3v) is 7.30. The molecule has 0 radical (unpaired) electrons. The molecular weight excluding hydrogens is 450 g/mol. The van der Waals surface area contributed by atoms with Gasteiger partial charge in [-0.05, 0) is 44.7 Å². The third kappa shape index (κ3) is 4.67. The van der Waals surface area contributed by atoms with Crippen LogP contribution in [-0.4, -0.2) is 54.8 Å². The number of hydrogen-bond donors (Lipinski definition) is 2. The summed E-state index contributed by atoms with van der Waals surface area (Å²) in [6.07, 6.45) is 2.53. The molecule has 6 nitrogen and oxygen atoms in total. The summed E-state index contributed by atoms with van der Waals surface area (Å²) in [5.41, 5.74) is -1.64. The van der Waals surface area contributed by atoms with Crippen LogP contribution in [0.2, 0.25) is 0 Å². The molecule has 1 spiro atoms. The first kappa shape index (κ1) is 23.8. The van der Waals surface area contributed by atoms with Crippen molar-refractivity contribution < 1.29 is 27.1 Å². The van der Waals surface area contributed by atoms with Crippen LogP contribution in [0.3, 0.4) is 0 Å². The fourth-order valence-corrected chi connectivity index (χ4v) is 5.73. The zero-order valence-electron chi connectivity index (χ0n) is 18.8. The van der Waals surface area contributed by atoms with Gasteiger partial charge in [0.25, 0.3) is 5.91 Å². The highest BCUT2D eigenvalue weighted by Gasteiger charge is 2.62. The maximum absolute atomic E-state index is 15.6. The van der Waals surface area contributed by atoms with Crippen molar-refractivity contribution in [3.63, 3.8) is 0 Å². The quantitative estimate of drug-likeness (QED) is 0.669. The lowest BCUT2D eigenvalue weighted by atomic mass is 9.91. The van der Waals surface area contributed by atoms with Crippen molar-refractivity contribution in [3.05, 3.63) is 59.7 Å².